The fourth-order valence-corrected chi connectivity index (χ4v) is 3.34. The molecule has 1 heterocycles. The smallest absolute Gasteiger partial charge is 0.123 e. The maximum Gasteiger partial charge on any atom is 0.123 e. The minimum atomic E-state index is -0.278. The van der Waals surface area contributed by atoms with E-state index in [4.69, 9.17) is 11.6 Å². The number of hydrogen-bond acceptors (Lipinski definition) is 3. The summed E-state index contributed by atoms with van der Waals surface area (Å²) in [6, 6.07) is 20.9. The quantitative estimate of drug-likeness (QED) is 0.588. The number of hydrogen-bond donors (Lipinski definition) is 3. The zero-order chi connectivity index (χ0) is 18.8. The molecule has 27 heavy (non-hydrogen) atoms. The van der Waals surface area contributed by atoms with Crippen LogP contribution in [0.4, 0.5) is 4.39 Å². The van der Waals surface area contributed by atoms with Gasteiger partial charge in [0, 0.05) is 16.3 Å². The average molecular weight is 381 g/mol. The second kappa shape index (κ2) is 7.43. The van der Waals surface area contributed by atoms with Gasteiger partial charge in [0.05, 0.1) is 6.04 Å². The minimum absolute atomic E-state index is 0.215. The van der Waals surface area contributed by atoms with Crippen LogP contribution in [0.1, 0.15) is 28.9 Å². The fourth-order valence-electron chi connectivity index (χ4n) is 3.21. The molecule has 0 amide bonds. The number of benzene rings is 3. The monoisotopic (exact) mass is 380 g/mol. The third-order valence-electron chi connectivity index (χ3n) is 4.61. The molecule has 4 rings (SSSR count). The van der Waals surface area contributed by atoms with Gasteiger partial charge in [-0.1, -0.05) is 54.1 Å². The molecule has 3 N–H and O–H groups in total. The Morgan fingerprint density at radius 3 is 2.30 bits per heavy atom. The van der Waals surface area contributed by atoms with Crippen LogP contribution in [-0.2, 0) is 0 Å². The molecular formula is C22H18ClFN2O. The largest absolute Gasteiger partial charge is 0.508 e. The van der Waals surface area contributed by atoms with Crippen LogP contribution in [0.2, 0.25) is 5.02 Å². The number of para-hydroxylation sites is 1. The number of nitrogens with one attached hydrogen (secondary N) is 2. The van der Waals surface area contributed by atoms with Gasteiger partial charge in [0.25, 0.3) is 0 Å². The summed E-state index contributed by atoms with van der Waals surface area (Å²) in [6.45, 7) is 0. The molecule has 5 heteroatoms. The van der Waals surface area contributed by atoms with Crippen LogP contribution in [0.5, 0.6) is 5.75 Å². The zero-order valence-electron chi connectivity index (χ0n) is 14.4. The standard InChI is InChI=1S/C22H18ClFN2O/c23-16-9-5-14(6-10-16)19-13-20(18-3-1-2-4-21(18)27)26-22(25-19)15-7-11-17(24)12-8-15/h1-13,20,22,25-27H. The molecule has 3 aromatic carbocycles. The number of rotatable bonds is 3. The molecule has 2 atom stereocenters. The van der Waals surface area contributed by atoms with E-state index < -0.39 is 0 Å². The van der Waals surface area contributed by atoms with Crippen molar-refractivity contribution in [3.8, 4) is 5.75 Å². The highest BCUT2D eigenvalue weighted by Crippen LogP contribution is 2.33. The Hall–Kier alpha value is -2.82. The van der Waals surface area contributed by atoms with E-state index in [0.29, 0.717) is 5.02 Å². The topological polar surface area (TPSA) is 44.3 Å². The molecule has 3 nitrogen and oxygen atoms in total. The van der Waals surface area contributed by atoms with Crippen molar-refractivity contribution in [2.45, 2.75) is 12.2 Å². The van der Waals surface area contributed by atoms with E-state index in [2.05, 4.69) is 10.6 Å². The van der Waals surface area contributed by atoms with Crippen LogP contribution >= 0.6 is 11.6 Å². The van der Waals surface area contributed by atoms with Crippen LogP contribution in [0.3, 0.4) is 0 Å². The Balaban J connectivity index is 1.75. The molecule has 1 aliphatic heterocycles. The van der Waals surface area contributed by atoms with Crippen LogP contribution < -0.4 is 10.6 Å². The number of halogens is 2. The molecule has 0 fully saturated rings. The van der Waals surface area contributed by atoms with Crippen LogP contribution in [0.15, 0.2) is 78.9 Å². The lowest BCUT2D eigenvalue weighted by molar-refractivity contribution is 0.419. The maximum absolute atomic E-state index is 13.3. The summed E-state index contributed by atoms with van der Waals surface area (Å²) >= 11 is 6.01. The SMILES string of the molecule is Oc1ccccc1C1C=C(c2ccc(Cl)cc2)NC(c2ccc(F)cc2)N1. The van der Waals surface area contributed by atoms with E-state index in [-0.39, 0.29) is 23.8 Å². The van der Waals surface area contributed by atoms with Crippen molar-refractivity contribution in [3.05, 3.63) is 106 Å². The van der Waals surface area contributed by atoms with Crippen molar-refractivity contribution < 1.29 is 9.50 Å². The first-order valence-corrected chi connectivity index (χ1v) is 9.02. The minimum Gasteiger partial charge on any atom is -0.508 e. The maximum atomic E-state index is 13.3. The molecular weight excluding hydrogens is 363 g/mol. The first kappa shape index (κ1) is 17.6. The summed E-state index contributed by atoms with van der Waals surface area (Å²) in [6.07, 6.45) is 1.78. The summed E-state index contributed by atoms with van der Waals surface area (Å²) in [5.74, 6) is -0.0539. The van der Waals surface area contributed by atoms with Crippen molar-refractivity contribution in [3.63, 3.8) is 0 Å². The van der Waals surface area contributed by atoms with Crippen molar-refractivity contribution >= 4 is 17.3 Å². The van der Waals surface area contributed by atoms with Gasteiger partial charge in [-0.05, 0) is 47.5 Å². The molecule has 0 aromatic heterocycles. The van der Waals surface area contributed by atoms with E-state index in [9.17, 15) is 9.50 Å². The molecule has 1 aliphatic rings. The van der Waals surface area contributed by atoms with Gasteiger partial charge in [0.2, 0.25) is 0 Å². The molecule has 0 spiro atoms. The predicted octanol–water partition coefficient (Wildman–Crippen LogP) is 5.16. The molecule has 0 bridgehead atoms. The average Bonchev–Trinajstić information content (AvgIpc) is 2.69. The molecule has 136 valence electrons. The predicted molar refractivity (Wildman–Crippen MR) is 106 cm³/mol. The number of phenols is 1. The first-order valence-electron chi connectivity index (χ1n) is 8.64. The molecule has 0 aliphatic carbocycles. The highest BCUT2D eigenvalue weighted by Gasteiger charge is 2.25. The van der Waals surface area contributed by atoms with E-state index in [1.54, 1.807) is 24.3 Å². The Morgan fingerprint density at radius 2 is 1.59 bits per heavy atom. The van der Waals surface area contributed by atoms with E-state index in [1.165, 1.54) is 12.1 Å². The molecule has 2 unspecified atom stereocenters. The summed E-state index contributed by atoms with van der Waals surface area (Å²) in [5.41, 5.74) is 3.57. The second-order valence-electron chi connectivity index (χ2n) is 6.42. The summed E-state index contributed by atoms with van der Waals surface area (Å²) < 4.78 is 13.3. The number of phenolic OH excluding ortho intramolecular Hbond substituents is 1. The normalized spacial score (nSPS) is 19.3. The van der Waals surface area contributed by atoms with Crippen molar-refractivity contribution in [2.24, 2.45) is 0 Å². The van der Waals surface area contributed by atoms with Crippen molar-refractivity contribution in [1.82, 2.24) is 10.6 Å². The van der Waals surface area contributed by atoms with Crippen LogP contribution in [0.25, 0.3) is 5.70 Å². The van der Waals surface area contributed by atoms with Crippen molar-refractivity contribution in [2.75, 3.05) is 0 Å². The van der Waals surface area contributed by atoms with E-state index >= 15 is 0 Å². The Labute approximate surface area is 162 Å². The lowest BCUT2D eigenvalue weighted by Gasteiger charge is -2.33. The third kappa shape index (κ3) is 3.82. The lowest BCUT2D eigenvalue weighted by atomic mass is 9.98. The van der Waals surface area contributed by atoms with Gasteiger partial charge < -0.3 is 10.4 Å². The molecule has 0 saturated carbocycles. The van der Waals surface area contributed by atoms with Gasteiger partial charge in [0.1, 0.15) is 17.7 Å². The van der Waals surface area contributed by atoms with Gasteiger partial charge in [-0.25, -0.2) is 4.39 Å². The first-order chi connectivity index (χ1) is 13.1. The third-order valence-corrected chi connectivity index (χ3v) is 4.86. The van der Waals surface area contributed by atoms with Crippen molar-refractivity contribution in [1.29, 1.82) is 0 Å². The molecule has 0 radical (unpaired) electrons. The summed E-state index contributed by atoms with van der Waals surface area (Å²) in [7, 11) is 0. The Morgan fingerprint density at radius 1 is 0.889 bits per heavy atom. The van der Waals surface area contributed by atoms with Gasteiger partial charge >= 0.3 is 0 Å². The lowest BCUT2D eigenvalue weighted by Crippen LogP contribution is -2.39. The molecule has 0 saturated heterocycles. The number of aromatic hydroxyl groups is 1. The van der Waals surface area contributed by atoms with Gasteiger partial charge in [-0.2, -0.15) is 0 Å². The fraction of sp³-hybridized carbons (Fsp3) is 0.0909. The second-order valence-corrected chi connectivity index (χ2v) is 6.86. The van der Waals surface area contributed by atoms with Crippen LogP contribution in [-0.4, -0.2) is 5.11 Å². The van der Waals surface area contributed by atoms with E-state index in [0.717, 1.165) is 22.4 Å². The zero-order valence-corrected chi connectivity index (χ0v) is 15.1. The summed E-state index contributed by atoms with van der Waals surface area (Å²) in [4.78, 5) is 0. The summed E-state index contributed by atoms with van der Waals surface area (Å²) in [5, 5.41) is 17.9. The highest BCUT2D eigenvalue weighted by molar-refractivity contribution is 6.30. The van der Waals surface area contributed by atoms with Crippen LogP contribution in [0, 0.1) is 5.82 Å². The van der Waals surface area contributed by atoms with Gasteiger partial charge in [-0.15, -0.1) is 0 Å². The highest BCUT2D eigenvalue weighted by atomic mass is 35.5. The van der Waals surface area contributed by atoms with E-state index in [1.807, 2.05) is 42.5 Å². The van der Waals surface area contributed by atoms with Gasteiger partial charge in [0.15, 0.2) is 0 Å². The Kier molecular flexibility index (Phi) is 4.84. The molecule has 3 aromatic rings. The van der Waals surface area contributed by atoms with Gasteiger partial charge in [-0.3, -0.25) is 5.32 Å². The Bertz CT molecular complexity index is 970.